The molecule has 0 aliphatic heterocycles. The van der Waals surface area contributed by atoms with Crippen LogP contribution in [0.25, 0.3) is 0 Å². The summed E-state index contributed by atoms with van der Waals surface area (Å²) in [7, 11) is 0. The molecule has 3 heteroatoms. The SMILES string of the molecule is CCCCCCCCC#CCCc1ccccc1N=CC(CCCCCCCC)=Nc1ccccc1CCC#CCCCCCCCC.[Pd]. The standard InChI is InChI=1S/C46H68N2.Pd/c1-4-7-10-13-16-18-20-22-24-27-34-42-36-30-32-39-45(42)47-41-44(38-29-26-15-12-9-6-3)48-46-40-33-31-37-43(46)35-28-25-23-21-19-17-14-11-8-5-2;/h30-33,36-37,39-41H,4-21,26-29,34-35,38H2,1-3H3;. The van der Waals surface area contributed by atoms with Gasteiger partial charge >= 0.3 is 0 Å². The molecule has 0 saturated carbocycles. The molecule has 0 unspecified atom stereocenters. The molecular weight excluding hydrogens is 687 g/mol. The summed E-state index contributed by atoms with van der Waals surface area (Å²) in [6.45, 7) is 6.82. The molecule has 49 heavy (non-hydrogen) atoms. The molecule has 0 atom stereocenters. The van der Waals surface area contributed by atoms with Crippen molar-refractivity contribution in [3.63, 3.8) is 0 Å². The fourth-order valence-electron chi connectivity index (χ4n) is 5.95. The van der Waals surface area contributed by atoms with Gasteiger partial charge in [-0.1, -0.05) is 153 Å². The second-order valence-electron chi connectivity index (χ2n) is 13.4. The molecule has 0 aliphatic carbocycles. The molecule has 0 saturated heterocycles. The number of hydrogen-bond donors (Lipinski definition) is 0. The van der Waals surface area contributed by atoms with Crippen molar-refractivity contribution in [2.75, 3.05) is 0 Å². The van der Waals surface area contributed by atoms with Gasteiger partial charge in [0, 0.05) is 52.3 Å². The van der Waals surface area contributed by atoms with Gasteiger partial charge in [-0.15, -0.1) is 23.7 Å². The van der Waals surface area contributed by atoms with E-state index in [0.29, 0.717) is 0 Å². The van der Waals surface area contributed by atoms with Crippen LogP contribution < -0.4 is 0 Å². The number of hydrogen-bond acceptors (Lipinski definition) is 2. The fourth-order valence-corrected chi connectivity index (χ4v) is 5.95. The Hall–Kier alpha value is -2.44. The van der Waals surface area contributed by atoms with Crippen molar-refractivity contribution in [3.8, 4) is 23.7 Å². The van der Waals surface area contributed by atoms with Crippen LogP contribution in [0, 0.1) is 23.7 Å². The van der Waals surface area contributed by atoms with Crippen LogP contribution in [0.15, 0.2) is 58.5 Å². The van der Waals surface area contributed by atoms with Gasteiger partial charge in [0.2, 0.25) is 0 Å². The number of aryl methyl sites for hydroxylation is 2. The van der Waals surface area contributed by atoms with Crippen molar-refractivity contribution < 1.29 is 20.4 Å². The quantitative estimate of drug-likeness (QED) is 0.0395. The third-order valence-corrected chi connectivity index (χ3v) is 8.99. The molecule has 0 heterocycles. The van der Waals surface area contributed by atoms with Gasteiger partial charge in [0.1, 0.15) is 0 Å². The van der Waals surface area contributed by atoms with E-state index in [1.54, 1.807) is 0 Å². The molecule has 0 amide bonds. The molecule has 0 N–H and O–H groups in total. The van der Waals surface area contributed by atoms with E-state index in [1.807, 2.05) is 6.21 Å². The maximum absolute atomic E-state index is 5.23. The Balaban J connectivity index is 0.0000120. The molecule has 0 aliphatic rings. The Bertz CT molecular complexity index is 1270. The topological polar surface area (TPSA) is 24.7 Å². The summed E-state index contributed by atoms with van der Waals surface area (Å²) in [6, 6.07) is 17.2. The van der Waals surface area contributed by atoms with Gasteiger partial charge in [-0.2, -0.15) is 0 Å². The molecule has 0 spiro atoms. The molecule has 0 aromatic heterocycles. The molecule has 0 fully saturated rings. The molecule has 0 bridgehead atoms. The number of aliphatic imine (C=N–C) groups is 2. The summed E-state index contributed by atoms with van der Waals surface area (Å²) in [4.78, 5) is 10.3. The molecule has 2 nitrogen and oxygen atoms in total. The van der Waals surface area contributed by atoms with Crippen LogP contribution in [-0.4, -0.2) is 11.9 Å². The Morgan fingerprint density at radius 1 is 0.490 bits per heavy atom. The molecule has 2 rings (SSSR count). The van der Waals surface area contributed by atoms with E-state index >= 15 is 0 Å². The zero-order valence-electron chi connectivity index (χ0n) is 31.6. The van der Waals surface area contributed by atoms with Crippen LogP contribution in [0.3, 0.4) is 0 Å². The van der Waals surface area contributed by atoms with Gasteiger partial charge in [0.25, 0.3) is 0 Å². The summed E-state index contributed by atoms with van der Waals surface area (Å²) in [5.74, 6) is 13.7. The van der Waals surface area contributed by atoms with Crippen molar-refractivity contribution in [2.45, 2.75) is 181 Å². The Morgan fingerprint density at radius 3 is 1.43 bits per heavy atom. The summed E-state index contributed by atoms with van der Waals surface area (Å²) >= 11 is 0. The molecule has 2 aromatic carbocycles. The van der Waals surface area contributed by atoms with E-state index in [4.69, 9.17) is 9.98 Å². The van der Waals surface area contributed by atoms with Crippen LogP contribution in [-0.2, 0) is 33.3 Å². The third kappa shape index (κ3) is 23.6. The van der Waals surface area contributed by atoms with E-state index in [1.165, 1.54) is 120 Å². The van der Waals surface area contributed by atoms with Gasteiger partial charge in [-0.25, -0.2) is 0 Å². The van der Waals surface area contributed by atoms with Crippen LogP contribution in [0.1, 0.15) is 180 Å². The van der Waals surface area contributed by atoms with Gasteiger partial charge in [0.05, 0.1) is 17.1 Å². The zero-order chi connectivity index (χ0) is 34.2. The van der Waals surface area contributed by atoms with Crippen LogP contribution in [0.4, 0.5) is 11.4 Å². The fraction of sp³-hybridized carbons (Fsp3) is 0.609. The number of nitrogens with zero attached hydrogens (tertiary/aromatic N) is 2. The summed E-state index contributed by atoms with van der Waals surface area (Å²) in [5, 5.41) is 0. The first-order valence-electron chi connectivity index (χ1n) is 20.0. The van der Waals surface area contributed by atoms with Crippen LogP contribution in [0.5, 0.6) is 0 Å². The summed E-state index contributed by atoms with van der Waals surface area (Å²) in [6.07, 6.45) is 32.2. The first kappa shape index (κ1) is 44.6. The van der Waals surface area contributed by atoms with Crippen LogP contribution >= 0.6 is 0 Å². The van der Waals surface area contributed by atoms with Crippen LogP contribution in [0.2, 0.25) is 0 Å². The predicted molar refractivity (Wildman–Crippen MR) is 214 cm³/mol. The largest absolute Gasteiger partial charge is 0.255 e. The predicted octanol–water partition coefficient (Wildman–Crippen LogP) is 14.3. The Morgan fingerprint density at radius 2 is 0.898 bits per heavy atom. The normalized spacial score (nSPS) is 11.1. The number of unbranched alkanes of at least 4 members (excludes halogenated alkanes) is 17. The average molecular weight is 755 g/mol. The number of rotatable bonds is 26. The summed E-state index contributed by atoms with van der Waals surface area (Å²) < 4.78 is 0. The van der Waals surface area contributed by atoms with E-state index in [0.717, 1.165) is 68.5 Å². The van der Waals surface area contributed by atoms with E-state index < -0.39 is 0 Å². The van der Waals surface area contributed by atoms with Crippen molar-refractivity contribution in [1.82, 2.24) is 0 Å². The first-order chi connectivity index (χ1) is 23.8. The van der Waals surface area contributed by atoms with E-state index in [9.17, 15) is 0 Å². The smallest absolute Gasteiger partial charge is 0.0665 e. The minimum Gasteiger partial charge on any atom is -0.255 e. The second kappa shape index (κ2) is 32.7. The Labute approximate surface area is 316 Å². The van der Waals surface area contributed by atoms with Crippen molar-refractivity contribution >= 4 is 23.3 Å². The van der Waals surface area contributed by atoms with Gasteiger partial charge < -0.3 is 0 Å². The van der Waals surface area contributed by atoms with Gasteiger partial charge in [-0.05, 0) is 61.8 Å². The third-order valence-electron chi connectivity index (χ3n) is 8.99. The molecular formula is C46H68N2Pd. The maximum Gasteiger partial charge on any atom is 0.0665 e. The molecule has 272 valence electrons. The minimum atomic E-state index is 0. The van der Waals surface area contributed by atoms with Crippen molar-refractivity contribution in [1.29, 1.82) is 0 Å². The van der Waals surface area contributed by atoms with E-state index in [2.05, 4.69) is 93.0 Å². The molecule has 2 aromatic rings. The zero-order valence-corrected chi connectivity index (χ0v) is 33.1. The van der Waals surface area contributed by atoms with Crippen molar-refractivity contribution in [3.05, 3.63) is 59.7 Å². The number of benzene rings is 2. The van der Waals surface area contributed by atoms with Gasteiger partial charge in [0.15, 0.2) is 0 Å². The second-order valence-corrected chi connectivity index (χ2v) is 13.4. The van der Waals surface area contributed by atoms with E-state index in [-0.39, 0.29) is 20.4 Å². The maximum atomic E-state index is 5.23. The molecule has 0 radical (unpaired) electrons. The average Bonchev–Trinajstić information content (AvgIpc) is 3.11. The van der Waals surface area contributed by atoms with Crippen molar-refractivity contribution in [2.24, 2.45) is 9.98 Å². The minimum absolute atomic E-state index is 0. The Kier molecular flexibility index (Phi) is 29.8. The monoisotopic (exact) mass is 754 g/mol. The van der Waals surface area contributed by atoms with Gasteiger partial charge in [-0.3, -0.25) is 9.98 Å². The number of para-hydroxylation sites is 2. The summed E-state index contributed by atoms with van der Waals surface area (Å²) in [5.41, 5.74) is 5.72. The first-order valence-corrected chi connectivity index (χ1v) is 20.0.